The highest BCUT2D eigenvalue weighted by atomic mass is 35.5. The average Bonchev–Trinajstić information content (AvgIpc) is 2.40. The molecule has 0 heterocycles. The molecule has 0 radical (unpaired) electrons. The Morgan fingerprint density at radius 3 is 2.42 bits per heavy atom. The fraction of sp³-hybridized carbons (Fsp3) is 0.294. The van der Waals surface area contributed by atoms with Crippen LogP contribution in [0.15, 0.2) is 42.5 Å². The van der Waals surface area contributed by atoms with Crippen molar-refractivity contribution in [3.8, 4) is 0 Å². The van der Waals surface area contributed by atoms with E-state index >= 15 is 0 Å². The van der Waals surface area contributed by atoms with Gasteiger partial charge in [0.25, 0.3) is 0 Å². The Morgan fingerprint density at radius 2 is 1.74 bits per heavy atom. The van der Waals surface area contributed by atoms with Crippen LogP contribution in [0.2, 0.25) is 5.02 Å². The lowest BCUT2D eigenvalue weighted by molar-refractivity contribution is 0.647. The summed E-state index contributed by atoms with van der Waals surface area (Å²) in [6.45, 7) is 4.23. The Kier molecular flexibility index (Phi) is 4.62. The van der Waals surface area contributed by atoms with E-state index in [1.54, 1.807) is 0 Å². The van der Waals surface area contributed by atoms with E-state index in [1.165, 1.54) is 22.3 Å². The number of nitrogens with two attached hydrogens (primary N) is 1. The van der Waals surface area contributed by atoms with Crippen molar-refractivity contribution in [3.63, 3.8) is 0 Å². The molecule has 2 N–H and O–H groups in total. The van der Waals surface area contributed by atoms with E-state index in [0.29, 0.717) is 0 Å². The Labute approximate surface area is 120 Å². The van der Waals surface area contributed by atoms with Crippen molar-refractivity contribution in [2.75, 3.05) is 0 Å². The molecule has 2 aromatic rings. The van der Waals surface area contributed by atoms with Crippen LogP contribution < -0.4 is 5.73 Å². The summed E-state index contributed by atoms with van der Waals surface area (Å²) in [6.07, 6.45) is 1.93. The maximum Gasteiger partial charge on any atom is 0.0406 e. The number of halogens is 1. The zero-order valence-corrected chi connectivity index (χ0v) is 12.2. The maximum absolute atomic E-state index is 6.32. The number of hydrogen-bond donors (Lipinski definition) is 1. The summed E-state index contributed by atoms with van der Waals surface area (Å²) in [4.78, 5) is 0. The molecular weight excluding hydrogens is 254 g/mol. The van der Waals surface area contributed by atoms with Gasteiger partial charge in [0.15, 0.2) is 0 Å². The first-order chi connectivity index (χ1) is 9.06. The fourth-order valence-electron chi connectivity index (χ4n) is 2.29. The lowest BCUT2D eigenvalue weighted by Crippen LogP contribution is -2.13. The van der Waals surface area contributed by atoms with Crippen LogP contribution in [0.25, 0.3) is 0 Å². The largest absolute Gasteiger partial charge is 0.324 e. The van der Waals surface area contributed by atoms with Gasteiger partial charge in [-0.2, -0.15) is 0 Å². The van der Waals surface area contributed by atoms with Crippen molar-refractivity contribution >= 4 is 11.6 Å². The lowest BCUT2D eigenvalue weighted by Gasteiger charge is -2.15. The molecule has 2 rings (SSSR count). The van der Waals surface area contributed by atoms with Gasteiger partial charge in [-0.15, -0.1) is 0 Å². The predicted octanol–water partition coefficient (Wildman–Crippen LogP) is 4.59. The molecule has 19 heavy (non-hydrogen) atoms. The highest BCUT2D eigenvalue weighted by Crippen LogP contribution is 2.22. The normalized spacial score (nSPS) is 12.4. The highest BCUT2D eigenvalue weighted by Gasteiger charge is 2.09. The van der Waals surface area contributed by atoms with Crippen molar-refractivity contribution in [1.29, 1.82) is 0 Å². The fourth-order valence-corrected chi connectivity index (χ4v) is 2.41. The van der Waals surface area contributed by atoms with E-state index in [-0.39, 0.29) is 6.04 Å². The Hall–Kier alpha value is -1.31. The summed E-state index contributed by atoms with van der Waals surface area (Å²) in [7, 11) is 0. The summed E-state index contributed by atoms with van der Waals surface area (Å²) < 4.78 is 0. The third-order valence-electron chi connectivity index (χ3n) is 3.49. The van der Waals surface area contributed by atoms with Gasteiger partial charge in [-0.05, 0) is 55.5 Å². The molecule has 0 aliphatic carbocycles. The molecule has 1 atom stereocenters. The third-order valence-corrected chi connectivity index (χ3v) is 3.74. The molecule has 100 valence electrons. The molecule has 0 bridgehead atoms. The second-order valence-corrected chi connectivity index (χ2v) is 5.57. The minimum Gasteiger partial charge on any atom is -0.324 e. The first-order valence-corrected chi connectivity index (χ1v) is 7.01. The van der Waals surface area contributed by atoms with Crippen LogP contribution >= 0.6 is 11.6 Å². The third kappa shape index (κ3) is 3.82. The van der Waals surface area contributed by atoms with Crippen molar-refractivity contribution in [1.82, 2.24) is 0 Å². The molecule has 0 spiro atoms. The molecule has 0 aromatic heterocycles. The van der Waals surface area contributed by atoms with Gasteiger partial charge in [0.2, 0.25) is 0 Å². The first kappa shape index (κ1) is 14.1. The van der Waals surface area contributed by atoms with Gasteiger partial charge in [-0.1, -0.05) is 47.5 Å². The summed E-state index contributed by atoms with van der Waals surface area (Å²) >= 11 is 5.88. The van der Waals surface area contributed by atoms with Crippen molar-refractivity contribution in [3.05, 3.63) is 69.7 Å². The molecule has 0 aliphatic rings. The Bertz CT molecular complexity index is 546. The van der Waals surface area contributed by atoms with Gasteiger partial charge in [-0.3, -0.25) is 0 Å². The van der Waals surface area contributed by atoms with Gasteiger partial charge >= 0.3 is 0 Å². The molecule has 0 amide bonds. The van der Waals surface area contributed by atoms with Crippen LogP contribution in [0, 0.1) is 13.8 Å². The molecule has 2 heteroatoms. The highest BCUT2D eigenvalue weighted by molar-refractivity contribution is 6.30. The van der Waals surface area contributed by atoms with E-state index in [9.17, 15) is 0 Å². The van der Waals surface area contributed by atoms with Crippen LogP contribution in [-0.4, -0.2) is 0 Å². The quantitative estimate of drug-likeness (QED) is 0.866. The molecule has 0 saturated heterocycles. The number of benzene rings is 2. The van der Waals surface area contributed by atoms with Gasteiger partial charge in [0.1, 0.15) is 0 Å². The van der Waals surface area contributed by atoms with Crippen LogP contribution in [0.5, 0.6) is 0 Å². The summed E-state index contributed by atoms with van der Waals surface area (Å²) in [5.41, 5.74) is 11.4. The standard InChI is InChI=1S/C17H20ClN/c1-12-3-4-13(2)16(11-12)17(19)10-7-14-5-8-15(18)9-6-14/h3-6,8-9,11,17H,7,10,19H2,1-2H3. The summed E-state index contributed by atoms with van der Waals surface area (Å²) in [6, 6.07) is 14.6. The van der Waals surface area contributed by atoms with E-state index in [2.05, 4.69) is 44.2 Å². The predicted molar refractivity (Wildman–Crippen MR) is 82.6 cm³/mol. The Morgan fingerprint density at radius 1 is 1.05 bits per heavy atom. The minimum absolute atomic E-state index is 0.0931. The van der Waals surface area contributed by atoms with E-state index < -0.39 is 0 Å². The molecule has 0 fully saturated rings. The molecule has 0 saturated carbocycles. The summed E-state index contributed by atoms with van der Waals surface area (Å²) in [5.74, 6) is 0. The average molecular weight is 274 g/mol. The Balaban J connectivity index is 2.03. The number of hydrogen-bond acceptors (Lipinski definition) is 1. The van der Waals surface area contributed by atoms with Crippen LogP contribution in [0.1, 0.15) is 34.7 Å². The van der Waals surface area contributed by atoms with Crippen molar-refractivity contribution < 1.29 is 0 Å². The van der Waals surface area contributed by atoms with E-state index in [1.807, 2.05) is 12.1 Å². The van der Waals surface area contributed by atoms with Gasteiger partial charge in [0, 0.05) is 11.1 Å². The molecule has 2 aromatic carbocycles. The lowest BCUT2D eigenvalue weighted by atomic mass is 9.95. The second kappa shape index (κ2) is 6.23. The second-order valence-electron chi connectivity index (χ2n) is 5.13. The first-order valence-electron chi connectivity index (χ1n) is 6.63. The number of aryl methyl sites for hydroxylation is 3. The number of rotatable bonds is 4. The molecular formula is C17H20ClN. The van der Waals surface area contributed by atoms with Crippen LogP contribution in [-0.2, 0) is 6.42 Å². The van der Waals surface area contributed by atoms with E-state index in [0.717, 1.165) is 17.9 Å². The maximum atomic E-state index is 6.32. The molecule has 1 nitrogen and oxygen atoms in total. The minimum atomic E-state index is 0.0931. The molecule has 1 unspecified atom stereocenters. The van der Waals surface area contributed by atoms with Crippen molar-refractivity contribution in [2.24, 2.45) is 5.73 Å². The SMILES string of the molecule is Cc1ccc(C)c(C(N)CCc2ccc(Cl)cc2)c1. The molecule has 0 aliphatic heterocycles. The van der Waals surface area contributed by atoms with Crippen LogP contribution in [0.3, 0.4) is 0 Å². The smallest absolute Gasteiger partial charge is 0.0406 e. The topological polar surface area (TPSA) is 26.0 Å². The van der Waals surface area contributed by atoms with Gasteiger partial charge < -0.3 is 5.73 Å². The van der Waals surface area contributed by atoms with Crippen LogP contribution in [0.4, 0.5) is 0 Å². The zero-order chi connectivity index (χ0) is 13.8. The van der Waals surface area contributed by atoms with Crippen molar-refractivity contribution in [2.45, 2.75) is 32.7 Å². The van der Waals surface area contributed by atoms with Gasteiger partial charge in [0.05, 0.1) is 0 Å². The summed E-state index contributed by atoms with van der Waals surface area (Å²) in [5, 5.41) is 0.780. The van der Waals surface area contributed by atoms with E-state index in [4.69, 9.17) is 17.3 Å². The monoisotopic (exact) mass is 273 g/mol. The van der Waals surface area contributed by atoms with Gasteiger partial charge in [-0.25, -0.2) is 0 Å². The zero-order valence-electron chi connectivity index (χ0n) is 11.5.